The van der Waals surface area contributed by atoms with E-state index in [-0.39, 0.29) is 12.1 Å². The van der Waals surface area contributed by atoms with E-state index in [1.165, 1.54) is 19.2 Å². The zero-order valence-electron chi connectivity index (χ0n) is 7.86. The molecule has 0 atom stereocenters. The Morgan fingerprint density at radius 3 is 2.80 bits per heavy atom. The molecule has 15 heavy (non-hydrogen) atoms. The quantitative estimate of drug-likeness (QED) is 0.487. The average Bonchev–Trinajstić information content (AvgIpc) is 2.20. The number of ether oxygens (including phenoxy) is 1. The standard InChI is InChI=1S/C9H7IN2O3/c1-15-9-5-6(12(13)14)4-8(10)7(9)2-3-11/h4-5H,2H2,1H3. The highest BCUT2D eigenvalue weighted by atomic mass is 127. The number of nitrogens with zero attached hydrogens (tertiary/aromatic N) is 2. The second-order valence-corrected chi connectivity index (χ2v) is 3.86. The zero-order chi connectivity index (χ0) is 11.4. The van der Waals surface area contributed by atoms with Gasteiger partial charge in [0, 0.05) is 15.2 Å². The fraction of sp³-hybridized carbons (Fsp3) is 0.222. The lowest BCUT2D eigenvalue weighted by atomic mass is 10.1. The van der Waals surface area contributed by atoms with Gasteiger partial charge in [-0.25, -0.2) is 0 Å². The fourth-order valence-corrected chi connectivity index (χ4v) is 1.91. The van der Waals surface area contributed by atoms with Gasteiger partial charge in [0.05, 0.1) is 30.6 Å². The normalized spacial score (nSPS) is 9.40. The number of nitro groups is 1. The van der Waals surface area contributed by atoms with Gasteiger partial charge < -0.3 is 4.74 Å². The first kappa shape index (κ1) is 11.7. The molecule has 0 saturated heterocycles. The van der Waals surface area contributed by atoms with Gasteiger partial charge in [-0.1, -0.05) is 0 Å². The third-order valence-electron chi connectivity index (χ3n) is 1.83. The summed E-state index contributed by atoms with van der Waals surface area (Å²) >= 11 is 1.96. The van der Waals surface area contributed by atoms with Gasteiger partial charge in [-0.2, -0.15) is 5.26 Å². The van der Waals surface area contributed by atoms with E-state index in [0.29, 0.717) is 14.9 Å². The van der Waals surface area contributed by atoms with Gasteiger partial charge in [0.25, 0.3) is 5.69 Å². The minimum Gasteiger partial charge on any atom is -0.496 e. The minimum absolute atomic E-state index is 0.0297. The molecule has 0 aliphatic rings. The molecule has 1 aromatic carbocycles. The molecule has 0 heterocycles. The summed E-state index contributed by atoms with van der Waals surface area (Å²) in [6.45, 7) is 0. The summed E-state index contributed by atoms with van der Waals surface area (Å²) in [5.74, 6) is 0.384. The molecule has 0 aromatic heterocycles. The molecule has 1 aromatic rings. The Kier molecular flexibility index (Phi) is 3.85. The van der Waals surface area contributed by atoms with Crippen molar-refractivity contribution in [2.75, 3.05) is 7.11 Å². The Bertz CT molecular complexity index is 440. The molecule has 0 N–H and O–H groups in total. The van der Waals surface area contributed by atoms with E-state index in [9.17, 15) is 10.1 Å². The van der Waals surface area contributed by atoms with Crippen molar-refractivity contribution in [2.45, 2.75) is 6.42 Å². The summed E-state index contributed by atoms with van der Waals surface area (Å²) in [6.07, 6.45) is 0.180. The van der Waals surface area contributed by atoms with Gasteiger partial charge in [-0.3, -0.25) is 10.1 Å². The lowest BCUT2D eigenvalue weighted by Gasteiger charge is -2.07. The number of benzene rings is 1. The van der Waals surface area contributed by atoms with E-state index in [2.05, 4.69) is 0 Å². The minimum atomic E-state index is -0.485. The van der Waals surface area contributed by atoms with Crippen LogP contribution in [0.4, 0.5) is 5.69 Å². The van der Waals surface area contributed by atoms with Crippen molar-refractivity contribution < 1.29 is 9.66 Å². The van der Waals surface area contributed by atoms with E-state index in [1.54, 1.807) is 0 Å². The Morgan fingerprint density at radius 1 is 1.67 bits per heavy atom. The Hall–Kier alpha value is -1.36. The number of nitro benzene ring substituents is 1. The highest BCUT2D eigenvalue weighted by Crippen LogP contribution is 2.29. The van der Waals surface area contributed by atoms with Crippen molar-refractivity contribution in [2.24, 2.45) is 0 Å². The first-order chi connectivity index (χ1) is 7.10. The molecule has 0 radical (unpaired) electrons. The number of non-ortho nitro benzene ring substituents is 1. The van der Waals surface area contributed by atoms with Crippen LogP contribution in [0.1, 0.15) is 5.56 Å². The molecule has 6 heteroatoms. The summed E-state index contributed by atoms with van der Waals surface area (Å²) in [7, 11) is 1.43. The van der Waals surface area contributed by atoms with E-state index >= 15 is 0 Å². The predicted octanol–water partition coefficient (Wildman–Crippen LogP) is 2.27. The van der Waals surface area contributed by atoms with E-state index in [4.69, 9.17) is 10.00 Å². The van der Waals surface area contributed by atoms with Gasteiger partial charge in [-0.15, -0.1) is 0 Å². The monoisotopic (exact) mass is 318 g/mol. The highest BCUT2D eigenvalue weighted by Gasteiger charge is 2.15. The maximum Gasteiger partial charge on any atom is 0.274 e. The van der Waals surface area contributed by atoms with Crippen LogP contribution in [0.3, 0.4) is 0 Å². The van der Waals surface area contributed by atoms with E-state index in [0.717, 1.165) is 0 Å². The van der Waals surface area contributed by atoms with Crippen molar-refractivity contribution in [1.29, 1.82) is 5.26 Å². The second-order valence-electron chi connectivity index (χ2n) is 2.70. The molecule has 0 spiro atoms. The number of rotatable bonds is 3. The van der Waals surface area contributed by atoms with Gasteiger partial charge in [-0.05, 0) is 22.6 Å². The molecule has 0 fully saturated rings. The van der Waals surface area contributed by atoms with Crippen LogP contribution >= 0.6 is 22.6 Å². The summed E-state index contributed by atoms with van der Waals surface area (Å²) in [5.41, 5.74) is 0.657. The molecule has 0 bridgehead atoms. The molecule has 0 aliphatic heterocycles. The molecule has 0 saturated carbocycles. The third kappa shape index (κ3) is 2.56. The van der Waals surface area contributed by atoms with Crippen molar-refractivity contribution in [3.05, 3.63) is 31.4 Å². The van der Waals surface area contributed by atoms with Crippen LogP contribution in [0.2, 0.25) is 0 Å². The smallest absolute Gasteiger partial charge is 0.274 e. The van der Waals surface area contributed by atoms with Crippen LogP contribution < -0.4 is 4.74 Å². The summed E-state index contributed by atoms with van der Waals surface area (Å²) in [4.78, 5) is 10.1. The highest BCUT2D eigenvalue weighted by molar-refractivity contribution is 14.1. The van der Waals surface area contributed by atoms with Crippen molar-refractivity contribution >= 4 is 28.3 Å². The van der Waals surface area contributed by atoms with Crippen LogP contribution in [-0.4, -0.2) is 12.0 Å². The van der Waals surface area contributed by atoms with Crippen molar-refractivity contribution in [3.8, 4) is 11.8 Å². The first-order valence-corrected chi connectivity index (χ1v) is 5.05. The van der Waals surface area contributed by atoms with E-state index in [1.807, 2.05) is 28.7 Å². The lowest BCUT2D eigenvalue weighted by Crippen LogP contribution is -1.97. The van der Waals surface area contributed by atoms with Crippen LogP contribution in [-0.2, 0) is 6.42 Å². The number of hydrogen-bond acceptors (Lipinski definition) is 4. The third-order valence-corrected chi connectivity index (χ3v) is 2.79. The number of halogens is 1. The predicted molar refractivity (Wildman–Crippen MR) is 61.7 cm³/mol. The fourth-order valence-electron chi connectivity index (χ4n) is 1.14. The molecule has 78 valence electrons. The Labute approximate surface area is 99.9 Å². The van der Waals surface area contributed by atoms with Gasteiger partial charge >= 0.3 is 0 Å². The molecule has 1 rings (SSSR count). The first-order valence-electron chi connectivity index (χ1n) is 3.98. The topological polar surface area (TPSA) is 76.2 Å². The SMILES string of the molecule is COc1cc([N+](=O)[O-])cc(I)c1CC#N. The Balaban J connectivity index is 3.31. The average molecular weight is 318 g/mol. The van der Waals surface area contributed by atoms with Crippen LogP contribution in [0.25, 0.3) is 0 Å². The summed E-state index contributed by atoms with van der Waals surface area (Å²) in [5, 5.41) is 19.2. The number of methoxy groups -OCH3 is 1. The summed E-state index contributed by atoms with van der Waals surface area (Å²) < 4.78 is 5.68. The molecule has 0 aliphatic carbocycles. The van der Waals surface area contributed by atoms with Gasteiger partial charge in [0.15, 0.2) is 0 Å². The molecular formula is C9H7IN2O3. The van der Waals surface area contributed by atoms with Crippen molar-refractivity contribution in [3.63, 3.8) is 0 Å². The van der Waals surface area contributed by atoms with Crippen LogP contribution in [0, 0.1) is 25.0 Å². The molecule has 5 nitrogen and oxygen atoms in total. The number of hydrogen-bond donors (Lipinski definition) is 0. The lowest BCUT2D eigenvalue weighted by molar-refractivity contribution is -0.385. The second kappa shape index (κ2) is 4.93. The molecule has 0 amide bonds. The maximum absolute atomic E-state index is 10.6. The van der Waals surface area contributed by atoms with E-state index < -0.39 is 4.92 Å². The Morgan fingerprint density at radius 2 is 2.33 bits per heavy atom. The van der Waals surface area contributed by atoms with Gasteiger partial charge in [0.2, 0.25) is 0 Å². The zero-order valence-corrected chi connectivity index (χ0v) is 10.0. The maximum atomic E-state index is 10.6. The van der Waals surface area contributed by atoms with Crippen LogP contribution in [0.15, 0.2) is 12.1 Å². The largest absolute Gasteiger partial charge is 0.496 e. The molecule has 0 unspecified atom stereocenters. The number of nitriles is 1. The summed E-state index contributed by atoms with van der Waals surface area (Å²) in [6, 6.07) is 4.75. The van der Waals surface area contributed by atoms with Crippen LogP contribution in [0.5, 0.6) is 5.75 Å². The molecular weight excluding hydrogens is 311 g/mol. The van der Waals surface area contributed by atoms with Gasteiger partial charge in [0.1, 0.15) is 5.75 Å². The van der Waals surface area contributed by atoms with Crippen molar-refractivity contribution in [1.82, 2.24) is 0 Å².